The van der Waals surface area contributed by atoms with Crippen molar-refractivity contribution in [1.29, 1.82) is 0 Å². The predicted molar refractivity (Wildman–Crippen MR) is 87.0 cm³/mol. The van der Waals surface area contributed by atoms with Gasteiger partial charge in [0.05, 0.1) is 0 Å². The van der Waals surface area contributed by atoms with Gasteiger partial charge in [0.2, 0.25) is 5.91 Å². The molecule has 0 saturated carbocycles. The molecule has 2 N–H and O–H groups in total. The molecule has 0 aliphatic heterocycles. The van der Waals surface area contributed by atoms with Crippen molar-refractivity contribution in [1.82, 2.24) is 10.4 Å². The van der Waals surface area contributed by atoms with Gasteiger partial charge in [0, 0.05) is 13.5 Å². The maximum absolute atomic E-state index is 13.2. The van der Waals surface area contributed by atoms with Gasteiger partial charge in [-0.25, -0.2) is 8.78 Å². The van der Waals surface area contributed by atoms with Crippen LogP contribution in [0.4, 0.5) is 8.78 Å². The second kappa shape index (κ2) is 7.40. The quantitative estimate of drug-likeness (QED) is 0.832. The number of nitrogens with one attached hydrogen (secondary N) is 1. The van der Waals surface area contributed by atoms with Gasteiger partial charge in [-0.15, -0.1) is 0 Å². The summed E-state index contributed by atoms with van der Waals surface area (Å²) in [5.74, 6) is -2.41. The van der Waals surface area contributed by atoms with E-state index in [9.17, 15) is 23.5 Å². The van der Waals surface area contributed by atoms with E-state index in [1.165, 1.54) is 31.2 Å². The van der Waals surface area contributed by atoms with E-state index in [1.54, 1.807) is 6.92 Å². The third-order valence-corrected chi connectivity index (χ3v) is 3.79. The van der Waals surface area contributed by atoms with Crippen LogP contribution in [-0.2, 0) is 15.2 Å². The molecule has 0 bridgehead atoms. The summed E-state index contributed by atoms with van der Waals surface area (Å²) in [6, 6.07) is 9.40. The lowest BCUT2D eigenvalue weighted by Crippen LogP contribution is -2.53. The summed E-state index contributed by atoms with van der Waals surface area (Å²) in [6.07, 6.45) is 0. The minimum atomic E-state index is -2.23. The predicted octanol–water partition coefficient (Wildman–Crippen LogP) is 2.10. The molecule has 25 heavy (non-hydrogen) atoms. The van der Waals surface area contributed by atoms with E-state index in [-0.39, 0.29) is 17.7 Å². The maximum atomic E-state index is 13.2. The molecule has 0 atom stereocenters. The van der Waals surface area contributed by atoms with Crippen molar-refractivity contribution in [3.63, 3.8) is 0 Å². The molecular weight excluding hydrogens is 330 g/mol. The molecule has 0 aliphatic carbocycles. The Balaban J connectivity index is 2.51. The summed E-state index contributed by atoms with van der Waals surface area (Å²) in [4.78, 5) is 24.3. The molecule has 5 nitrogen and oxygen atoms in total. The number of amides is 2. The van der Waals surface area contributed by atoms with Crippen LogP contribution >= 0.6 is 0 Å². The second-order valence-corrected chi connectivity index (χ2v) is 5.43. The van der Waals surface area contributed by atoms with Gasteiger partial charge < -0.3 is 5.11 Å². The average Bonchev–Trinajstić information content (AvgIpc) is 2.59. The number of aliphatic hydroxyl groups is 1. The second-order valence-electron chi connectivity index (χ2n) is 5.43. The number of hydrazine groups is 1. The van der Waals surface area contributed by atoms with Crippen LogP contribution in [-0.4, -0.2) is 28.5 Å². The van der Waals surface area contributed by atoms with Gasteiger partial charge in [-0.3, -0.25) is 20.0 Å². The molecule has 7 heteroatoms. The lowest BCUT2D eigenvalue weighted by molar-refractivity contribution is -0.148. The van der Waals surface area contributed by atoms with Crippen molar-refractivity contribution in [2.45, 2.75) is 19.4 Å². The smallest absolute Gasteiger partial charge is 0.279 e. The zero-order valence-electron chi connectivity index (χ0n) is 13.8. The fourth-order valence-electron chi connectivity index (χ4n) is 2.39. The van der Waals surface area contributed by atoms with Gasteiger partial charge in [0.25, 0.3) is 5.91 Å². The van der Waals surface area contributed by atoms with Gasteiger partial charge in [-0.05, 0) is 42.3 Å². The Kier molecular flexibility index (Phi) is 5.48. The molecule has 0 heterocycles. The molecule has 0 unspecified atom stereocenters. The summed E-state index contributed by atoms with van der Waals surface area (Å²) in [7, 11) is 0. The fraction of sp³-hybridized carbons (Fsp3) is 0.222. The number of hydrogen-bond donors (Lipinski definition) is 2. The van der Waals surface area contributed by atoms with E-state index in [0.29, 0.717) is 0 Å². The highest BCUT2D eigenvalue weighted by Crippen LogP contribution is 2.30. The van der Waals surface area contributed by atoms with E-state index in [0.717, 1.165) is 29.3 Å². The average molecular weight is 348 g/mol. The summed E-state index contributed by atoms with van der Waals surface area (Å²) in [5, 5.41) is 12.2. The standard InChI is InChI=1S/C18H18F2N2O3/c1-3-22(12(2)23)21-17(24)18(25,13-4-8-15(19)9-5-13)14-6-10-16(20)11-7-14/h4-11,25H,3H2,1-2H3,(H,21,24). The summed E-state index contributed by atoms with van der Waals surface area (Å²) in [6.45, 7) is 3.10. The monoisotopic (exact) mass is 348 g/mol. The van der Waals surface area contributed by atoms with Crippen LogP contribution in [0.15, 0.2) is 48.5 Å². The summed E-state index contributed by atoms with van der Waals surface area (Å²) >= 11 is 0. The van der Waals surface area contributed by atoms with Crippen molar-refractivity contribution in [3.8, 4) is 0 Å². The van der Waals surface area contributed by atoms with Crippen molar-refractivity contribution < 1.29 is 23.5 Å². The first kappa shape index (κ1) is 18.5. The molecule has 132 valence electrons. The fourth-order valence-corrected chi connectivity index (χ4v) is 2.39. The topological polar surface area (TPSA) is 69.6 Å². The van der Waals surface area contributed by atoms with E-state index >= 15 is 0 Å². The van der Waals surface area contributed by atoms with Crippen LogP contribution in [0.1, 0.15) is 25.0 Å². The van der Waals surface area contributed by atoms with Gasteiger partial charge >= 0.3 is 0 Å². The first-order valence-electron chi connectivity index (χ1n) is 7.62. The van der Waals surface area contributed by atoms with Crippen LogP contribution < -0.4 is 5.43 Å². The molecular formula is C18H18F2N2O3. The number of hydrogen-bond acceptors (Lipinski definition) is 3. The lowest BCUT2D eigenvalue weighted by atomic mass is 9.85. The Bertz CT molecular complexity index is 715. The lowest BCUT2D eigenvalue weighted by Gasteiger charge is -2.31. The molecule has 2 rings (SSSR count). The Morgan fingerprint density at radius 3 is 1.72 bits per heavy atom. The number of nitrogens with zero attached hydrogens (tertiary/aromatic N) is 1. The van der Waals surface area contributed by atoms with Crippen LogP contribution in [0.25, 0.3) is 0 Å². The third-order valence-electron chi connectivity index (χ3n) is 3.79. The molecule has 2 aromatic rings. The highest BCUT2D eigenvalue weighted by atomic mass is 19.1. The van der Waals surface area contributed by atoms with Crippen molar-refractivity contribution in [2.75, 3.05) is 6.54 Å². The number of benzene rings is 2. The first-order chi connectivity index (χ1) is 11.8. The molecule has 0 saturated heterocycles. The highest BCUT2D eigenvalue weighted by Gasteiger charge is 2.41. The molecule has 0 fully saturated rings. The number of rotatable bonds is 4. The van der Waals surface area contributed by atoms with Crippen LogP contribution in [0, 0.1) is 11.6 Å². The van der Waals surface area contributed by atoms with Crippen LogP contribution in [0.5, 0.6) is 0 Å². The van der Waals surface area contributed by atoms with Gasteiger partial charge in [0.15, 0.2) is 5.60 Å². The first-order valence-corrected chi connectivity index (χ1v) is 7.62. The minimum Gasteiger partial charge on any atom is -0.372 e. The van der Waals surface area contributed by atoms with Crippen molar-refractivity contribution in [2.24, 2.45) is 0 Å². The zero-order valence-corrected chi connectivity index (χ0v) is 13.8. The largest absolute Gasteiger partial charge is 0.372 e. The SMILES string of the molecule is CCN(NC(=O)C(O)(c1ccc(F)cc1)c1ccc(F)cc1)C(C)=O. The summed E-state index contributed by atoms with van der Waals surface area (Å²) < 4.78 is 26.4. The van der Waals surface area contributed by atoms with Gasteiger partial charge in [-0.2, -0.15) is 0 Å². The molecule has 0 aliphatic rings. The Morgan fingerprint density at radius 1 is 1.00 bits per heavy atom. The van der Waals surface area contributed by atoms with Gasteiger partial charge in [0.1, 0.15) is 11.6 Å². The van der Waals surface area contributed by atoms with Crippen LogP contribution in [0.2, 0.25) is 0 Å². The Hall–Kier alpha value is -2.80. The van der Waals surface area contributed by atoms with E-state index in [4.69, 9.17) is 0 Å². The minimum absolute atomic E-state index is 0.0811. The van der Waals surface area contributed by atoms with E-state index < -0.39 is 29.0 Å². The van der Waals surface area contributed by atoms with Crippen molar-refractivity contribution >= 4 is 11.8 Å². The highest BCUT2D eigenvalue weighted by molar-refractivity contribution is 5.91. The zero-order chi connectivity index (χ0) is 18.6. The molecule has 2 amide bonds. The number of halogens is 2. The number of carbonyl (C=O) groups excluding carboxylic acids is 2. The third kappa shape index (κ3) is 3.83. The molecule has 0 spiro atoms. The van der Waals surface area contributed by atoms with E-state index in [2.05, 4.69) is 5.43 Å². The molecule has 0 aromatic heterocycles. The molecule has 0 radical (unpaired) electrons. The number of carbonyl (C=O) groups is 2. The maximum Gasteiger partial charge on any atom is 0.279 e. The van der Waals surface area contributed by atoms with Gasteiger partial charge in [-0.1, -0.05) is 24.3 Å². The Labute approximate surface area is 143 Å². The van der Waals surface area contributed by atoms with Crippen LogP contribution in [0.3, 0.4) is 0 Å². The van der Waals surface area contributed by atoms with Crippen molar-refractivity contribution in [3.05, 3.63) is 71.3 Å². The Morgan fingerprint density at radius 2 is 1.40 bits per heavy atom. The normalized spacial score (nSPS) is 11.1. The summed E-state index contributed by atoms with van der Waals surface area (Å²) in [5.41, 5.74) is 0.271. The molecule has 2 aromatic carbocycles. The van der Waals surface area contributed by atoms with E-state index in [1.807, 2.05) is 0 Å².